The number of aromatic nitrogens is 2. The summed E-state index contributed by atoms with van der Waals surface area (Å²) in [5.74, 6) is -0.250. The Kier molecular flexibility index (Phi) is 2.04. The largest absolute Gasteiger partial charge is 0.294 e. The average molecular weight is 191 g/mol. The van der Waals surface area contributed by atoms with Gasteiger partial charge in [0.1, 0.15) is 11.5 Å². The fourth-order valence-electron chi connectivity index (χ4n) is 1.48. The van der Waals surface area contributed by atoms with Crippen molar-refractivity contribution < 1.29 is 4.39 Å². The van der Waals surface area contributed by atoms with Crippen LogP contribution in [0.25, 0.3) is 10.9 Å². The van der Waals surface area contributed by atoms with Gasteiger partial charge in [-0.15, -0.1) is 0 Å². The summed E-state index contributed by atoms with van der Waals surface area (Å²) < 4.78 is 14.6. The summed E-state index contributed by atoms with van der Waals surface area (Å²) in [5, 5.41) is 5.14. The molecule has 2 rings (SSSR count). The molecule has 0 unspecified atom stereocenters. The van der Waals surface area contributed by atoms with Crippen LogP contribution in [0.5, 0.6) is 0 Å². The van der Waals surface area contributed by atoms with Gasteiger partial charge in [-0.2, -0.15) is 5.10 Å². The number of benzene rings is 1. The standard InChI is InChI=1S/C10H10FN3/c1-12-6-9-8-4-3-7(11)5-10(8)14(2)13-9/h3-6H,1-2H3/b12-6+. The van der Waals surface area contributed by atoms with Crippen LogP contribution in [0.4, 0.5) is 4.39 Å². The first-order valence-corrected chi connectivity index (χ1v) is 4.27. The van der Waals surface area contributed by atoms with E-state index < -0.39 is 0 Å². The third-order valence-corrected chi connectivity index (χ3v) is 2.09. The highest BCUT2D eigenvalue weighted by molar-refractivity contribution is 5.96. The Hall–Kier alpha value is -1.71. The molecule has 0 atom stereocenters. The number of fused-ring (bicyclic) bond motifs is 1. The highest BCUT2D eigenvalue weighted by atomic mass is 19.1. The number of aliphatic imine (C=N–C) groups is 1. The SMILES string of the molecule is C/N=C/c1nn(C)c2cc(F)ccc12. The first-order chi connectivity index (χ1) is 6.72. The molecular formula is C10H10FN3. The summed E-state index contributed by atoms with van der Waals surface area (Å²) in [5.41, 5.74) is 1.55. The van der Waals surface area contributed by atoms with Crippen LogP contribution >= 0.6 is 0 Å². The van der Waals surface area contributed by atoms with Crippen molar-refractivity contribution in [3.63, 3.8) is 0 Å². The molecule has 1 heterocycles. The predicted molar refractivity (Wildman–Crippen MR) is 54.2 cm³/mol. The Labute approximate surface area is 80.9 Å². The van der Waals surface area contributed by atoms with Gasteiger partial charge in [0, 0.05) is 25.7 Å². The molecule has 0 amide bonds. The van der Waals surface area contributed by atoms with Crippen LogP contribution in [0, 0.1) is 5.82 Å². The summed E-state index contributed by atoms with van der Waals surface area (Å²) in [7, 11) is 3.47. The third kappa shape index (κ3) is 1.28. The smallest absolute Gasteiger partial charge is 0.125 e. The van der Waals surface area contributed by atoms with E-state index in [4.69, 9.17) is 0 Å². The normalized spacial score (nSPS) is 11.6. The maximum Gasteiger partial charge on any atom is 0.125 e. The zero-order chi connectivity index (χ0) is 10.1. The second-order valence-corrected chi connectivity index (χ2v) is 3.06. The molecule has 72 valence electrons. The molecule has 0 bridgehead atoms. The second-order valence-electron chi connectivity index (χ2n) is 3.06. The third-order valence-electron chi connectivity index (χ3n) is 2.09. The molecule has 0 radical (unpaired) electrons. The van der Waals surface area contributed by atoms with Gasteiger partial charge in [-0.25, -0.2) is 4.39 Å². The predicted octanol–water partition coefficient (Wildman–Crippen LogP) is 1.76. The lowest BCUT2D eigenvalue weighted by Crippen LogP contribution is -1.90. The van der Waals surface area contributed by atoms with Gasteiger partial charge in [-0.05, 0) is 18.2 Å². The van der Waals surface area contributed by atoms with Crippen molar-refractivity contribution in [3.8, 4) is 0 Å². The highest BCUT2D eigenvalue weighted by Gasteiger charge is 2.06. The van der Waals surface area contributed by atoms with Crippen molar-refractivity contribution in [1.29, 1.82) is 0 Å². The topological polar surface area (TPSA) is 30.2 Å². The highest BCUT2D eigenvalue weighted by Crippen LogP contribution is 2.17. The van der Waals surface area contributed by atoms with Gasteiger partial charge >= 0.3 is 0 Å². The zero-order valence-corrected chi connectivity index (χ0v) is 8.03. The van der Waals surface area contributed by atoms with E-state index in [1.54, 1.807) is 31.1 Å². The van der Waals surface area contributed by atoms with E-state index in [2.05, 4.69) is 10.1 Å². The van der Waals surface area contributed by atoms with Crippen molar-refractivity contribution in [3.05, 3.63) is 29.7 Å². The summed E-state index contributed by atoms with van der Waals surface area (Å²) in [4.78, 5) is 3.90. The number of hydrogen-bond donors (Lipinski definition) is 0. The summed E-state index contributed by atoms with van der Waals surface area (Å²) in [6, 6.07) is 4.61. The van der Waals surface area contributed by atoms with Crippen LogP contribution in [-0.4, -0.2) is 23.0 Å². The summed E-state index contributed by atoms with van der Waals surface area (Å²) in [6.07, 6.45) is 1.67. The Morgan fingerprint density at radius 1 is 1.50 bits per heavy atom. The number of aryl methyl sites for hydroxylation is 1. The molecule has 0 aliphatic heterocycles. The van der Waals surface area contributed by atoms with Crippen molar-refractivity contribution in [1.82, 2.24) is 9.78 Å². The van der Waals surface area contributed by atoms with Crippen molar-refractivity contribution in [2.45, 2.75) is 0 Å². The molecule has 2 aromatic rings. The molecule has 1 aromatic carbocycles. The van der Waals surface area contributed by atoms with Gasteiger partial charge in [0.05, 0.1) is 5.52 Å². The van der Waals surface area contributed by atoms with Crippen LogP contribution in [0.2, 0.25) is 0 Å². The van der Waals surface area contributed by atoms with E-state index in [0.29, 0.717) is 0 Å². The molecule has 0 saturated heterocycles. The lowest BCUT2D eigenvalue weighted by molar-refractivity contribution is 0.628. The van der Waals surface area contributed by atoms with E-state index in [9.17, 15) is 4.39 Å². The van der Waals surface area contributed by atoms with E-state index in [0.717, 1.165) is 16.6 Å². The Morgan fingerprint density at radius 3 is 3.00 bits per heavy atom. The molecule has 14 heavy (non-hydrogen) atoms. The molecule has 3 nitrogen and oxygen atoms in total. The Morgan fingerprint density at radius 2 is 2.29 bits per heavy atom. The van der Waals surface area contributed by atoms with Crippen LogP contribution in [0.1, 0.15) is 5.69 Å². The Balaban J connectivity index is 2.77. The molecule has 0 saturated carbocycles. The van der Waals surface area contributed by atoms with Gasteiger partial charge in [0.2, 0.25) is 0 Å². The summed E-state index contributed by atoms with van der Waals surface area (Å²) >= 11 is 0. The number of nitrogens with zero attached hydrogens (tertiary/aromatic N) is 3. The molecule has 0 aliphatic rings. The first-order valence-electron chi connectivity index (χ1n) is 4.27. The molecule has 0 N–H and O–H groups in total. The fourth-order valence-corrected chi connectivity index (χ4v) is 1.48. The number of rotatable bonds is 1. The van der Waals surface area contributed by atoms with Gasteiger partial charge in [0.25, 0.3) is 0 Å². The van der Waals surface area contributed by atoms with Crippen LogP contribution < -0.4 is 0 Å². The number of halogens is 1. The van der Waals surface area contributed by atoms with Gasteiger partial charge < -0.3 is 0 Å². The van der Waals surface area contributed by atoms with Crippen molar-refractivity contribution in [2.24, 2.45) is 12.0 Å². The minimum Gasteiger partial charge on any atom is -0.294 e. The number of hydrogen-bond acceptors (Lipinski definition) is 2. The van der Waals surface area contributed by atoms with Crippen LogP contribution in [-0.2, 0) is 7.05 Å². The van der Waals surface area contributed by atoms with Crippen LogP contribution in [0.15, 0.2) is 23.2 Å². The minimum atomic E-state index is -0.250. The lowest BCUT2D eigenvalue weighted by Gasteiger charge is -1.92. The maximum absolute atomic E-state index is 12.9. The quantitative estimate of drug-likeness (QED) is 0.632. The van der Waals surface area contributed by atoms with Crippen molar-refractivity contribution in [2.75, 3.05) is 7.05 Å². The van der Waals surface area contributed by atoms with E-state index in [1.807, 2.05) is 0 Å². The van der Waals surface area contributed by atoms with Crippen LogP contribution in [0.3, 0.4) is 0 Å². The lowest BCUT2D eigenvalue weighted by atomic mass is 10.2. The molecule has 0 aliphatic carbocycles. The minimum absolute atomic E-state index is 0.250. The van der Waals surface area contributed by atoms with E-state index >= 15 is 0 Å². The van der Waals surface area contributed by atoms with E-state index in [-0.39, 0.29) is 5.82 Å². The molecule has 1 aromatic heterocycles. The maximum atomic E-state index is 12.9. The second kappa shape index (κ2) is 3.21. The van der Waals surface area contributed by atoms with E-state index in [1.165, 1.54) is 12.1 Å². The Bertz CT molecular complexity index is 499. The molecule has 0 fully saturated rings. The summed E-state index contributed by atoms with van der Waals surface area (Å²) in [6.45, 7) is 0. The van der Waals surface area contributed by atoms with Gasteiger partial charge in [-0.1, -0.05) is 0 Å². The molecular weight excluding hydrogens is 181 g/mol. The van der Waals surface area contributed by atoms with Gasteiger partial charge in [0.15, 0.2) is 0 Å². The van der Waals surface area contributed by atoms with Gasteiger partial charge in [-0.3, -0.25) is 9.67 Å². The zero-order valence-electron chi connectivity index (χ0n) is 8.03. The average Bonchev–Trinajstić information content (AvgIpc) is 2.44. The molecule has 0 spiro atoms. The fraction of sp³-hybridized carbons (Fsp3) is 0.200. The first kappa shape index (κ1) is 8.87. The van der Waals surface area contributed by atoms with Crippen molar-refractivity contribution >= 4 is 17.1 Å². The monoisotopic (exact) mass is 191 g/mol. The molecule has 4 heteroatoms.